The summed E-state index contributed by atoms with van der Waals surface area (Å²) in [5.74, 6) is 0.915. The number of hydrogen-bond donors (Lipinski definition) is 0. The van der Waals surface area contributed by atoms with E-state index in [1.54, 1.807) is 22.9 Å². The van der Waals surface area contributed by atoms with Crippen LogP contribution in [0.4, 0.5) is 10.5 Å². The number of carbonyl (C=O) groups is 2. The van der Waals surface area contributed by atoms with Gasteiger partial charge in [-0.05, 0) is 17.7 Å². The van der Waals surface area contributed by atoms with Crippen LogP contribution in [0, 0.1) is 10.1 Å². The second-order valence-electron chi connectivity index (χ2n) is 4.95. The van der Waals surface area contributed by atoms with Gasteiger partial charge >= 0.3 is 6.16 Å². The number of nitro groups is 1. The number of hydrogen-bond acceptors (Lipinski definition) is 7. The van der Waals surface area contributed by atoms with Gasteiger partial charge < -0.3 is 14.4 Å². The third-order valence-electron chi connectivity index (χ3n) is 3.35. The predicted molar refractivity (Wildman–Crippen MR) is 80.9 cm³/mol. The fourth-order valence-corrected chi connectivity index (χ4v) is 3.29. The molecule has 23 heavy (non-hydrogen) atoms. The van der Waals surface area contributed by atoms with Gasteiger partial charge in [0.05, 0.1) is 16.7 Å². The largest absolute Gasteiger partial charge is 0.514 e. The van der Waals surface area contributed by atoms with E-state index >= 15 is 0 Å². The molecule has 3 rings (SSSR count). The molecule has 9 heteroatoms. The molecular weight excluding hydrogens is 324 g/mol. The molecule has 120 valence electrons. The smallest absolute Gasteiger partial charge is 0.429 e. The van der Waals surface area contributed by atoms with E-state index in [0.717, 1.165) is 5.57 Å². The first-order valence-electron chi connectivity index (χ1n) is 6.74. The number of benzene rings is 1. The van der Waals surface area contributed by atoms with Gasteiger partial charge in [0.2, 0.25) is 5.91 Å². The van der Waals surface area contributed by atoms with Crippen LogP contribution in [-0.2, 0) is 9.53 Å². The van der Waals surface area contributed by atoms with Crippen molar-refractivity contribution >= 4 is 29.5 Å². The van der Waals surface area contributed by atoms with Crippen molar-refractivity contribution in [3.8, 4) is 5.75 Å². The number of nitrogens with zero attached hydrogens (tertiary/aromatic N) is 2. The highest BCUT2D eigenvalue weighted by atomic mass is 32.2. The molecule has 0 aliphatic carbocycles. The zero-order valence-corrected chi connectivity index (χ0v) is 12.7. The van der Waals surface area contributed by atoms with Crippen LogP contribution in [0.25, 0.3) is 0 Å². The Morgan fingerprint density at radius 2 is 2.13 bits per heavy atom. The van der Waals surface area contributed by atoms with Crippen LogP contribution in [-0.4, -0.2) is 39.6 Å². The molecule has 2 aliphatic heterocycles. The molecule has 0 spiro atoms. The Kier molecular flexibility index (Phi) is 4.20. The Hall–Kier alpha value is -2.55. The lowest BCUT2D eigenvalue weighted by Gasteiger charge is -2.40. The maximum absolute atomic E-state index is 11.6. The zero-order chi connectivity index (χ0) is 16.4. The fraction of sp³-hybridized carbons (Fsp3) is 0.286. The van der Waals surface area contributed by atoms with Gasteiger partial charge in [0.1, 0.15) is 12.4 Å². The third kappa shape index (κ3) is 3.45. The lowest BCUT2D eigenvalue weighted by atomic mass is 10.2. The van der Waals surface area contributed by atoms with Crippen molar-refractivity contribution in [3.63, 3.8) is 0 Å². The van der Waals surface area contributed by atoms with Gasteiger partial charge in [-0.25, -0.2) is 4.79 Å². The summed E-state index contributed by atoms with van der Waals surface area (Å²) in [7, 11) is 0. The molecule has 1 aromatic carbocycles. The number of thioether (sulfide) groups is 1. The molecule has 0 saturated carbocycles. The van der Waals surface area contributed by atoms with Crippen LogP contribution in [0.1, 0.15) is 6.42 Å². The summed E-state index contributed by atoms with van der Waals surface area (Å²) < 4.78 is 9.92. The van der Waals surface area contributed by atoms with E-state index in [0.29, 0.717) is 12.2 Å². The SMILES string of the molecule is O=C(OCC1=CN2C(=O)C[C@H]2SC1)Oc1ccc([N+](=O)[O-])cc1. The maximum atomic E-state index is 11.6. The summed E-state index contributed by atoms with van der Waals surface area (Å²) in [6, 6.07) is 5.11. The number of carbonyl (C=O) groups excluding carboxylic acids is 2. The van der Waals surface area contributed by atoms with Gasteiger partial charge in [-0.3, -0.25) is 14.9 Å². The Bertz CT molecular complexity index is 687. The van der Waals surface area contributed by atoms with Crippen LogP contribution in [0.2, 0.25) is 0 Å². The first-order valence-corrected chi connectivity index (χ1v) is 7.79. The monoisotopic (exact) mass is 336 g/mol. The minimum atomic E-state index is -0.901. The van der Waals surface area contributed by atoms with Crippen LogP contribution in [0.3, 0.4) is 0 Å². The molecule has 1 fully saturated rings. The normalized spacial score (nSPS) is 19.3. The summed E-state index contributed by atoms with van der Waals surface area (Å²) in [4.78, 5) is 34.6. The second kappa shape index (κ2) is 6.29. The number of nitro benzene ring substituents is 1. The topological polar surface area (TPSA) is 99.0 Å². The van der Waals surface area contributed by atoms with Crippen LogP contribution >= 0.6 is 11.8 Å². The molecule has 0 bridgehead atoms. The van der Waals surface area contributed by atoms with E-state index in [1.807, 2.05) is 0 Å². The number of amides is 1. The van der Waals surface area contributed by atoms with Crippen LogP contribution < -0.4 is 4.74 Å². The molecule has 1 atom stereocenters. The molecule has 1 amide bonds. The van der Waals surface area contributed by atoms with Crippen LogP contribution in [0.15, 0.2) is 36.0 Å². The van der Waals surface area contributed by atoms with E-state index in [-0.39, 0.29) is 29.3 Å². The first-order chi connectivity index (χ1) is 11.0. The van der Waals surface area contributed by atoms with Crippen molar-refractivity contribution in [3.05, 3.63) is 46.2 Å². The summed E-state index contributed by atoms with van der Waals surface area (Å²) >= 11 is 1.63. The van der Waals surface area contributed by atoms with E-state index in [9.17, 15) is 19.7 Å². The Morgan fingerprint density at radius 3 is 2.78 bits per heavy atom. The van der Waals surface area contributed by atoms with Crippen molar-refractivity contribution in [2.24, 2.45) is 0 Å². The van der Waals surface area contributed by atoms with Gasteiger partial charge in [0.25, 0.3) is 5.69 Å². The standard InChI is InChI=1S/C14H12N2O6S/c17-12-5-13-15(12)6-9(8-23-13)7-21-14(18)22-11-3-1-10(2-4-11)16(19)20/h1-4,6,13H,5,7-8H2/t13-/m1/s1. The van der Waals surface area contributed by atoms with E-state index in [1.165, 1.54) is 24.3 Å². The van der Waals surface area contributed by atoms with Crippen molar-refractivity contribution in [1.29, 1.82) is 0 Å². The molecule has 0 unspecified atom stereocenters. The summed E-state index contributed by atoms with van der Waals surface area (Å²) in [6.07, 6.45) is 1.37. The molecule has 0 aromatic heterocycles. The Balaban J connectivity index is 1.50. The van der Waals surface area contributed by atoms with Gasteiger partial charge in [-0.1, -0.05) is 0 Å². The molecular formula is C14H12N2O6S. The van der Waals surface area contributed by atoms with Crippen LogP contribution in [0.5, 0.6) is 5.75 Å². The third-order valence-corrected chi connectivity index (χ3v) is 4.67. The summed E-state index contributed by atoms with van der Waals surface area (Å²) in [6.45, 7) is 0.0370. The zero-order valence-electron chi connectivity index (χ0n) is 11.8. The molecule has 0 radical (unpaired) electrons. The number of β-lactam (4-membered cyclic amide) rings is 1. The average molecular weight is 336 g/mol. The quantitative estimate of drug-likeness (QED) is 0.273. The van der Waals surface area contributed by atoms with Crippen molar-refractivity contribution in [2.75, 3.05) is 12.4 Å². The highest BCUT2D eigenvalue weighted by Gasteiger charge is 2.37. The minimum Gasteiger partial charge on any atom is -0.429 e. The van der Waals surface area contributed by atoms with E-state index < -0.39 is 11.1 Å². The van der Waals surface area contributed by atoms with Gasteiger partial charge in [-0.2, -0.15) is 0 Å². The molecule has 1 saturated heterocycles. The molecule has 2 aliphatic rings. The Labute approximate surface area is 135 Å². The van der Waals surface area contributed by atoms with Gasteiger partial charge in [0.15, 0.2) is 0 Å². The molecule has 8 nitrogen and oxygen atoms in total. The van der Waals surface area contributed by atoms with Crippen molar-refractivity contribution in [1.82, 2.24) is 4.90 Å². The van der Waals surface area contributed by atoms with E-state index in [2.05, 4.69) is 0 Å². The fourth-order valence-electron chi connectivity index (χ4n) is 2.12. The first kappa shape index (κ1) is 15.3. The summed E-state index contributed by atoms with van der Waals surface area (Å²) in [5, 5.41) is 10.7. The van der Waals surface area contributed by atoms with Crippen molar-refractivity contribution < 1.29 is 24.0 Å². The highest BCUT2D eigenvalue weighted by molar-refractivity contribution is 8.00. The van der Waals surface area contributed by atoms with E-state index in [4.69, 9.17) is 9.47 Å². The predicted octanol–water partition coefficient (Wildman–Crippen LogP) is 2.30. The molecule has 2 heterocycles. The number of rotatable bonds is 4. The average Bonchev–Trinajstić information content (AvgIpc) is 2.53. The number of non-ortho nitro benzene ring substituents is 1. The number of ether oxygens (including phenoxy) is 2. The lowest BCUT2D eigenvalue weighted by Crippen LogP contribution is -2.49. The lowest BCUT2D eigenvalue weighted by molar-refractivity contribution is -0.384. The van der Waals surface area contributed by atoms with Gasteiger partial charge in [-0.15, -0.1) is 11.8 Å². The highest BCUT2D eigenvalue weighted by Crippen LogP contribution is 2.35. The Morgan fingerprint density at radius 1 is 1.39 bits per heavy atom. The second-order valence-corrected chi connectivity index (χ2v) is 6.12. The summed E-state index contributed by atoms with van der Waals surface area (Å²) in [5.41, 5.74) is 0.726. The number of fused-ring (bicyclic) bond motifs is 1. The maximum Gasteiger partial charge on any atom is 0.514 e. The van der Waals surface area contributed by atoms with Gasteiger partial charge in [0, 0.05) is 24.1 Å². The minimum absolute atomic E-state index is 0.0370. The molecule has 1 aromatic rings. The molecule has 0 N–H and O–H groups in total. The van der Waals surface area contributed by atoms with Crippen molar-refractivity contribution in [2.45, 2.75) is 11.8 Å².